The van der Waals surface area contributed by atoms with Gasteiger partial charge in [0.15, 0.2) is 0 Å². The lowest BCUT2D eigenvalue weighted by atomic mass is 10.1. The molecule has 0 unspecified atom stereocenters. The standard InChI is InChI=1S/C15H13Cl2NO2/c16-15(17)12(10-5-2-1-3-6-10)13(15)14(19)18-9-11-7-4-8-20-11/h1-8,12-13H,9H2,(H,18,19)/t12-,13+/m1/s1. The lowest BCUT2D eigenvalue weighted by Crippen LogP contribution is -2.26. The fraction of sp³-hybridized carbons (Fsp3) is 0.267. The smallest absolute Gasteiger partial charge is 0.227 e. The fourth-order valence-electron chi connectivity index (χ4n) is 2.43. The van der Waals surface area contributed by atoms with Crippen LogP contribution in [-0.2, 0) is 11.3 Å². The van der Waals surface area contributed by atoms with Gasteiger partial charge in [-0.2, -0.15) is 0 Å². The van der Waals surface area contributed by atoms with Crippen LogP contribution in [0.1, 0.15) is 17.2 Å². The number of benzene rings is 1. The second-order valence-electron chi connectivity index (χ2n) is 4.84. The monoisotopic (exact) mass is 309 g/mol. The highest BCUT2D eigenvalue weighted by molar-refractivity contribution is 6.53. The van der Waals surface area contributed by atoms with Crippen LogP contribution in [0.25, 0.3) is 0 Å². The van der Waals surface area contributed by atoms with E-state index in [-0.39, 0.29) is 11.8 Å². The van der Waals surface area contributed by atoms with Crippen LogP contribution in [0.5, 0.6) is 0 Å². The third kappa shape index (κ3) is 2.43. The highest BCUT2D eigenvalue weighted by atomic mass is 35.5. The summed E-state index contributed by atoms with van der Waals surface area (Å²) in [5.74, 6) is -0.0444. The zero-order valence-electron chi connectivity index (χ0n) is 10.6. The first kappa shape index (κ1) is 13.5. The van der Waals surface area contributed by atoms with Gasteiger partial charge in [0.1, 0.15) is 10.1 Å². The van der Waals surface area contributed by atoms with Crippen molar-refractivity contribution in [1.82, 2.24) is 5.32 Å². The Bertz CT molecular complexity index is 596. The Balaban J connectivity index is 1.67. The van der Waals surface area contributed by atoms with Crippen molar-refractivity contribution in [2.24, 2.45) is 5.92 Å². The normalized spacial score (nSPS) is 23.3. The van der Waals surface area contributed by atoms with Crippen LogP contribution in [0.3, 0.4) is 0 Å². The molecule has 1 aliphatic rings. The number of carbonyl (C=O) groups is 1. The number of nitrogens with one attached hydrogen (secondary N) is 1. The van der Waals surface area contributed by atoms with E-state index in [1.54, 1.807) is 18.4 Å². The predicted molar refractivity (Wildman–Crippen MR) is 77.7 cm³/mol. The number of hydrogen-bond donors (Lipinski definition) is 1. The molecule has 2 aromatic rings. The maximum Gasteiger partial charge on any atom is 0.227 e. The Morgan fingerprint density at radius 3 is 2.60 bits per heavy atom. The van der Waals surface area contributed by atoms with Gasteiger partial charge >= 0.3 is 0 Å². The molecule has 1 fully saturated rings. The minimum absolute atomic E-state index is 0.153. The van der Waals surface area contributed by atoms with Crippen LogP contribution in [0.15, 0.2) is 53.1 Å². The van der Waals surface area contributed by atoms with Crippen molar-refractivity contribution in [2.45, 2.75) is 16.8 Å². The minimum Gasteiger partial charge on any atom is -0.467 e. The third-order valence-electron chi connectivity index (χ3n) is 3.51. The molecule has 1 N–H and O–H groups in total. The van der Waals surface area contributed by atoms with Crippen molar-refractivity contribution in [3.8, 4) is 0 Å². The van der Waals surface area contributed by atoms with Crippen LogP contribution in [0, 0.1) is 5.92 Å². The summed E-state index contributed by atoms with van der Waals surface area (Å²) in [6.45, 7) is 0.341. The zero-order chi connectivity index (χ0) is 14.2. The molecule has 1 aromatic heterocycles. The topological polar surface area (TPSA) is 42.2 Å². The second-order valence-corrected chi connectivity index (χ2v) is 6.28. The van der Waals surface area contributed by atoms with Crippen LogP contribution in [0.2, 0.25) is 0 Å². The molecule has 0 saturated heterocycles. The van der Waals surface area contributed by atoms with E-state index >= 15 is 0 Å². The van der Waals surface area contributed by atoms with Crippen molar-refractivity contribution < 1.29 is 9.21 Å². The van der Waals surface area contributed by atoms with Crippen molar-refractivity contribution in [2.75, 3.05) is 0 Å². The van der Waals surface area contributed by atoms with Gasteiger partial charge in [0, 0.05) is 5.92 Å². The molecule has 20 heavy (non-hydrogen) atoms. The minimum atomic E-state index is -1.03. The molecule has 1 aliphatic carbocycles. The molecule has 3 nitrogen and oxygen atoms in total. The first-order chi connectivity index (χ1) is 9.60. The zero-order valence-corrected chi connectivity index (χ0v) is 12.1. The van der Waals surface area contributed by atoms with Crippen LogP contribution in [-0.4, -0.2) is 10.2 Å². The van der Waals surface area contributed by atoms with Crippen molar-refractivity contribution in [3.63, 3.8) is 0 Å². The quantitative estimate of drug-likeness (QED) is 0.879. The first-order valence-corrected chi connectivity index (χ1v) is 7.09. The predicted octanol–water partition coefficient (Wildman–Crippen LogP) is 3.48. The number of amides is 1. The summed E-state index contributed by atoms with van der Waals surface area (Å²) in [6, 6.07) is 13.2. The van der Waals surface area contributed by atoms with Crippen molar-refractivity contribution >= 4 is 29.1 Å². The number of furan rings is 1. The van der Waals surface area contributed by atoms with Gasteiger partial charge in [0.2, 0.25) is 5.91 Å². The van der Waals surface area contributed by atoms with E-state index in [1.807, 2.05) is 30.3 Å². The molecule has 1 amide bonds. The number of alkyl halides is 2. The van der Waals surface area contributed by atoms with Gasteiger partial charge in [-0.15, -0.1) is 23.2 Å². The van der Waals surface area contributed by atoms with E-state index in [0.717, 1.165) is 5.56 Å². The summed E-state index contributed by atoms with van der Waals surface area (Å²) in [5, 5.41) is 2.80. The Labute approximate surface area is 126 Å². The van der Waals surface area contributed by atoms with Crippen LogP contribution in [0.4, 0.5) is 0 Å². The number of rotatable bonds is 4. The molecular formula is C15H13Cl2NO2. The Morgan fingerprint density at radius 1 is 1.20 bits per heavy atom. The number of halogens is 2. The fourth-order valence-corrected chi connectivity index (χ4v) is 3.25. The van der Waals surface area contributed by atoms with Gasteiger partial charge < -0.3 is 9.73 Å². The maximum atomic E-state index is 12.2. The summed E-state index contributed by atoms with van der Waals surface area (Å²) < 4.78 is 4.13. The van der Waals surface area contributed by atoms with Gasteiger partial charge in [-0.25, -0.2) is 0 Å². The van der Waals surface area contributed by atoms with Crippen LogP contribution >= 0.6 is 23.2 Å². The number of hydrogen-bond acceptors (Lipinski definition) is 2. The van der Waals surface area contributed by atoms with E-state index in [4.69, 9.17) is 27.6 Å². The summed E-state index contributed by atoms with van der Waals surface area (Å²) in [6.07, 6.45) is 1.57. The van der Waals surface area contributed by atoms with Gasteiger partial charge in [0.25, 0.3) is 0 Å². The number of carbonyl (C=O) groups excluding carboxylic acids is 1. The molecule has 0 spiro atoms. The first-order valence-electron chi connectivity index (χ1n) is 6.33. The van der Waals surface area contributed by atoms with Gasteiger partial charge in [-0.05, 0) is 17.7 Å². The molecule has 104 valence electrons. The van der Waals surface area contributed by atoms with E-state index in [1.165, 1.54) is 0 Å². The molecule has 0 bridgehead atoms. The third-order valence-corrected chi connectivity index (χ3v) is 4.45. The van der Waals surface area contributed by atoms with E-state index in [0.29, 0.717) is 12.3 Å². The maximum absolute atomic E-state index is 12.2. The summed E-state index contributed by atoms with van der Waals surface area (Å²) in [4.78, 5) is 12.2. The molecular weight excluding hydrogens is 297 g/mol. The molecule has 0 radical (unpaired) electrons. The van der Waals surface area contributed by atoms with E-state index in [9.17, 15) is 4.79 Å². The average molecular weight is 310 g/mol. The molecule has 5 heteroatoms. The Hall–Kier alpha value is -1.45. The van der Waals surface area contributed by atoms with E-state index < -0.39 is 10.3 Å². The molecule has 0 aliphatic heterocycles. The Morgan fingerprint density at radius 2 is 1.95 bits per heavy atom. The summed E-state index contributed by atoms with van der Waals surface area (Å²) in [5.41, 5.74) is 0.982. The average Bonchev–Trinajstić information content (AvgIpc) is 2.80. The Kier molecular flexibility index (Phi) is 3.48. The SMILES string of the molecule is O=C(NCc1ccco1)[C@@H]1[C@@H](c2ccccc2)C1(Cl)Cl. The van der Waals surface area contributed by atoms with E-state index in [2.05, 4.69) is 5.32 Å². The second kappa shape index (κ2) is 5.15. The highest BCUT2D eigenvalue weighted by Crippen LogP contribution is 2.64. The largest absolute Gasteiger partial charge is 0.467 e. The summed E-state index contributed by atoms with van der Waals surface area (Å²) >= 11 is 12.5. The molecule has 1 heterocycles. The lowest BCUT2D eigenvalue weighted by Gasteiger charge is -2.02. The van der Waals surface area contributed by atoms with Crippen LogP contribution < -0.4 is 5.32 Å². The lowest BCUT2D eigenvalue weighted by molar-refractivity contribution is -0.122. The molecule has 1 saturated carbocycles. The van der Waals surface area contributed by atoms with Gasteiger partial charge in [0.05, 0.1) is 18.7 Å². The molecule has 2 atom stereocenters. The molecule has 1 aromatic carbocycles. The van der Waals surface area contributed by atoms with Gasteiger partial charge in [-0.1, -0.05) is 30.3 Å². The van der Waals surface area contributed by atoms with Crippen molar-refractivity contribution in [1.29, 1.82) is 0 Å². The molecule has 3 rings (SSSR count). The van der Waals surface area contributed by atoms with Gasteiger partial charge in [-0.3, -0.25) is 4.79 Å². The van der Waals surface area contributed by atoms with Crippen molar-refractivity contribution in [3.05, 3.63) is 60.1 Å². The highest BCUT2D eigenvalue weighted by Gasteiger charge is 2.67. The summed E-state index contributed by atoms with van der Waals surface area (Å²) in [7, 11) is 0.